The van der Waals surface area contributed by atoms with Gasteiger partial charge in [-0.1, -0.05) is 24.6 Å². The number of aryl methyl sites for hydroxylation is 1. The van der Waals surface area contributed by atoms with Gasteiger partial charge in [0.05, 0.1) is 4.90 Å². The second kappa shape index (κ2) is 10.9. The minimum Gasteiger partial charge on any atom is -0.744 e. The van der Waals surface area contributed by atoms with Crippen LogP contribution in [-0.2, 0) is 25.8 Å². The van der Waals surface area contributed by atoms with Crippen molar-refractivity contribution in [1.82, 2.24) is 0 Å². The molecule has 0 unspecified atom stereocenters. The lowest BCUT2D eigenvalue weighted by Crippen LogP contribution is -2.31. The Morgan fingerprint density at radius 3 is 1.88 bits per heavy atom. The van der Waals surface area contributed by atoms with Crippen LogP contribution in [0, 0.1) is 6.92 Å². The van der Waals surface area contributed by atoms with E-state index in [4.69, 9.17) is 0 Å². The molecule has 0 heterocycles. The lowest BCUT2D eigenvalue weighted by molar-refractivity contribution is -0.116. The van der Waals surface area contributed by atoms with Crippen LogP contribution in [0.3, 0.4) is 0 Å². The zero-order valence-electron chi connectivity index (χ0n) is 15.5. The van der Waals surface area contributed by atoms with Crippen LogP contribution in [0.5, 0.6) is 0 Å². The van der Waals surface area contributed by atoms with Crippen molar-refractivity contribution < 1.29 is 17.8 Å². The van der Waals surface area contributed by atoms with E-state index in [-0.39, 0.29) is 4.90 Å². The molecule has 0 saturated heterocycles. The van der Waals surface area contributed by atoms with Gasteiger partial charge in [0.1, 0.15) is 20.6 Å². The van der Waals surface area contributed by atoms with Crippen LogP contribution in [0.15, 0.2) is 29.2 Å². The van der Waals surface area contributed by atoms with E-state index in [1.807, 2.05) is 6.92 Å². The third-order valence-electron chi connectivity index (χ3n) is 3.38. The molecule has 0 aromatic heterocycles. The molecule has 0 aliphatic heterocycles. The Balaban J connectivity index is 0.000000446. The van der Waals surface area contributed by atoms with Crippen molar-refractivity contribution in [2.45, 2.75) is 69.8 Å². The molecule has 1 aromatic rings. The van der Waals surface area contributed by atoms with Gasteiger partial charge in [-0.25, -0.2) is 8.42 Å². The fraction of sp³-hybridized carbons (Fsp3) is 0.611. The summed E-state index contributed by atoms with van der Waals surface area (Å²) in [4.78, 5) is 11.3. The zero-order chi connectivity index (χ0) is 18.9. The highest BCUT2D eigenvalue weighted by molar-refractivity contribution is 7.98. The van der Waals surface area contributed by atoms with Crippen molar-refractivity contribution >= 4 is 26.8 Å². The summed E-state index contributed by atoms with van der Waals surface area (Å²) >= 11 is 0. The number of ketones is 1. The van der Waals surface area contributed by atoms with Gasteiger partial charge < -0.3 is 4.55 Å². The van der Waals surface area contributed by atoms with Gasteiger partial charge in [0.2, 0.25) is 0 Å². The first-order chi connectivity index (χ1) is 11.0. The second-order valence-electron chi connectivity index (χ2n) is 6.27. The van der Waals surface area contributed by atoms with Crippen molar-refractivity contribution in [2.75, 3.05) is 5.75 Å². The molecule has 0 fully saturated rings. The molecule has 0 atom stereocenters. The van der Waals surface area contributed by atoms with E-state index in [2.05, 4.69) is 34.6 Å². The number of rotatable bonds is 7. The van der Waals surface area contributed by atoms with Gasteiger partial charge in [-0.2, -0.15) is 0 Å². The van der Waals surface area contributed by atoms with Crippen molar-refractivity contribution in [3.8, 4) is 0 Å². The van der Waals surface area contributed by atoms with Crippen LogP contribution in [0.2, 0.25) is 0 Å². The molecule has 0 saturated carbocycles. The Bertz CT molecular complexity index is 582. The van der Waals surface area contributed by atoms with Crippen LogP contribution >= 0.6 is 0 Å². The monoisotopic (exact) mass is 374 g/mol. The molecule has 1 aromatic carbocycles. The maximum absolute atomic E-state index is 11.5. The molecule has 138 valence electrons. The fourth-order valence-electron chi connectivity index (χ4n) is 2.12. The third kappa shape index (κ3) is 9.45. The molecule has 0 N–H and O–H groups in total. The highest BCUT2D eigenvalue weighted by atomic mass is 32.2. The van der Waals surface area contributed by atoms with E-state index in [9.17, 15) is 17.8 Å². The van der Waals surface area contributed by atoms with E-state index >= 15 is 0 Å². The molecule has 6 heteroatoms. The molecule has 0 bridgehead atoms. The Hall–Kier alpha value is -0.850. The molecule has 0 aliphatic carbocycles. The number of benzene rings is 1. The van der Waals surface area contributed by atoms with Crippen molar-refractivity contribution in [2.24, 2.45) is 0 Å². The number of hydrogen-bond acceptors (Lipinski definition) is 4. The van der Waals surface area contributed by atoms with Crippen LogP contribution in [0.4, 0.5) is 0 Å². The first-order valence-electron chi connectivity index (χ1n) is 8.21. The van der Waals surface area contributed by atoms with Gasteiger partial charge >= 0.3 is 0 Å². The molecule has 0 radical (unpaired) electrons. The summed E-state index contributed by atoms with van der Waals surface area (Å²) in [5.41, 5.74) is 0.928. The minimum absolute atomic E-state index is 0.178. The molecule has 4 nitrogen and oxygen atoms in total. The molecule has 1 rings (SSSR count). The summed E-state index contributed by atoms with van der Waals surface area (Å²) in [6, 6.07) is 5.78. The predicted octanol–water partition coefficient (Wildman–Crippen LogP) is 3.69. The second-order valence-corrected chi connectivity index (χ2v) is 10.8. The van der Waals surface area contributed by atoms with Crippen molar-refractivity contribution in [3.05, 3.63) is 29.8 Å². The largest absolute Gasteiger partial charge is 0.744 e. The van der Waals surface area contributed by atoms with Gasteiger partial charge in [0, 0.05) is 6.42 Å². The van der Waals surface area contributed by atoms with E-state index in [1.54, 1.807) is 12.1 Å². The molecule has 0 spiro atoms. The summed E-state index contributed by atoms with van der Waals surface area (Å²) < 4.78 is 31.2. The third-order valence-corrected chi connectivity index (χ3v) is 7.30. The zero-order valence-corrected chi connectivity index (χ0v) is 17.2. The molecule has 0 amide bonds. The summed E-state index contributed by atoms with van der Waals surface area (Å²) in [5, 5.41) is 1.31. The van der Waals surface area contributed by atoms with Crippen LogP contribution in [0.1, 0.15) is 53.0 Å². The lowest BCUT2D eigenvalue weighted by atomic mass is 10.2. The van der Waals surface area contributed by atoms with Crippen LogP contribution < -0.4 is 0 Å². The average molecular weight is 375 g/mol. The maximum Gasteiger partial charge on any atom is 0.181 e. The van der Waals surface area contributed by atoms with Gasteiger partial charge in [-0.15, -0.1) is 0 Å². The Kier molecular flexibility index (Phi) is 10.5. The highest BCUT2D eigenvalue weighted by Crippen LogP contribution is 2.13. The quantitative estimate of drug-likeness (QED) is 0.539. The fourth-order valence-corrected chi connectivity index (χ4v) is 4.86. The number of carbonyl (C=O) groups is 1. The van der Waals surface area contributed by atoms with Gasteiger partial charge in [-0.05, 0) is 64.1 Å². The van der Waals surface area contributed by atoms with Gasteiger partial charge in [0.25, 0.3) is 0 Å². The molecule has 0 aliphatic rings. The van der Waals surface area contributed by atoms with E-state index in [1.165, 1.54) is 12.1 Å². The Labute approximate surface area is 150 Å². The smallest absolute Gasteiger partial charge is 0.181 e. The minimum atomic E-state index is -4.27. The van der Waals surface area contributed by atoms with Crippen molar-refractivity contribution in [1.29, 1.82) is 0 Å². The number of Topliss-reactive ketones (excluding diaryl/α,β-unsaturated/α-hetero) is 1. The molecule has 24 heavy (non-hydrogen) atoms. The first-order valence-corrected chi connectivity index (χ1v) is 11.1. The molecular formula is C18H30O4S2. The van der Waals surface area contributed by atoms with Crippen LogP contribution in [0.25, 0.3) is 0 Å². The summed E-state index contributed by atoms with van der Waals surface area (Å²) in [5.74, 6) is 1.26. The van der Waals surface area contributed by atoms with Gasteiger partial charge in [0.15, 0.2) is 11.5 Å². The number of hydrogen-bond donors (Lipinski definition) is 0. The highest BCUT2D eigenvalue weighted by Gasteiger charge is 2.29. The summed E-state index contributed by atoms with van der Waals surface area (Å²) in [6.45, 7) is 12.8. The normalized spacial score (nSPS) is 11.6. The lowest BCUT2D eigenvalue weighted by Gasteiger charge is -2.14. The van der Waals surface area contributed by atoms with E-state index in [0.717, 1.165) is 24.2 Å². The SMILES string of the molecule is CCCC(=O)C[S+](C(C)C)C(C)C.Cc1ccc(S(=O)(=O)[O-])cc1. The topological polar surface area (TPSA) is 74.3 Å². The van der Waals surface area contributed by atoms with E-state index < -0.39 is 10.1 Å². The summed E-state index contributed by atoms with van der Waals surface area (Å²) in [6.07, 6.45) is 1.76. The van der Waals surface area contributed by atoms with Crippen molar-refractivity contribution in [3.63, 3.8) is 0 Å². The molecular weight excluding hydrogens is 344 g/mol. The average Bonchev–Trinajstić information content (AvgIpc) is 2.44. The number of carbonyl (C=O) groups excluding carboxylic acids is 1. The maximum atomic E-state index is 11.5. The Morgan fingerprint density at radius 2 is 1.54 bits per heavy atom. The predicted molar refractivity (Wildman–Crippen MR) is 102 cm³/mol. The van der Waals surface area contributed by atoms with Gasteiger partial charge in [-0.3, -0.25) is 4.79 Å². The Morgan fingerprint density at radius 1 is 1.08 bits per heavy atom. The summed E-state index contributed by atoms with van der Waals surface area (Å²) in [7, 11) is -3.98. The van der Waals surface area contributed by atoms with E-state index in [0.29, 0.717) is 27.2 Å². The standard InChI is InChI=1S/C11H23OS.C7H8O3S/c1-6-7-11(12)8-13(9(2)3)10(4)5;1-6-2-4-7(5-3-6)11(8,9)10/h9-10H,6-8H2,1-5H3;2-5H,1H3,(H,8,9,10)/q+1;/p-1. The first kappa shape index (κ1) is 23.1. The van der Waals surface area contributed by atoms with Crippen LogP contribution in [-0.4, -0.2) is 35.0 Å².